The predicted octanol–water partition coefficient (Wildman–Crippen LogP) is 4.07. The van der Waals surface area contributed by atoms with Gasteiger partial charge in [-0.05, 0) is 69.3 Å². The molecular weight excluding hydrogens is 348 g/mol. The largest absolute Gasteiger partial charge is 0.465 e. The van der Waals surface area contributed by atoms with Crippen LogP contribution in [0.4, 0.5) is 16.2 Å². The van der Waals surface area contributed by atoms with E-state index in [4.69, 9.17) is 4.74 Å². The van der Waals surface area contributed by atoms with Gasteiger partial charge >= 0.3 is 12.1 Å². The summed E-state index contributed by atoms with van der Waals surface area (Å²) in [5.74, 6) is -0.783. The lowest BCUT2D eigenvalue weighted by molar-refractivity contribution is 0.0598. The van der Waals surface area contributed by atoms with Crippen molar-refractivity contribution < 1.29 is 23.9 Å². The van der Waals surface area contributed by atoms with Gasteiger partial charge in [-0.15, -0.1) is 0 Å². The van der Waals surface area contributed by atoms with E-state index in [9.17, 15) is 14.4 Å². The lowest BCUT2D eigenvalue weighted by Gasteiger charge is -2.19. The Morgan fingerprint density at radius 3 is 1.74 bits per heavy atom. The van der Waals surface area contributed by atoms with Gasteiger partial charge in [0.05, 0.1) is 12.7 Å². The van der Waals surface area contributed by atoms with E-state index in [0.717, 1.165) is 0 Å². The lowest BCUT2D eigenvalue weighted by Crippen LogP contribution is -2.27. The van der Waals surface area contributed by atoms with E-state index in [-0.39, 0.29) is 5.91 Å². The fourth-order valence-corrected chi connectivity index (χ4v) is 2.14. The maximum atomic E-state index is 12.3. The van der Waals surface area contributed by atoms with E-state index in [1.807, 2.05) is 0 Å². The lowest BCUT2D eigenvalue weighted by atomic mass is 10.1. The van der Waals surface area contributed by atoms with Crippen LogP contribution in [0.5, 0.6) is 0 Å². The Labute approximate surface area is 157 Å². The fourth-order valence-electron chi connectivity index (χ4n) is 2.14. The van der Waals surface area contributed by atoms with Crippen LogP contribution in [0.1, 0.15) is 41.5 Å². The molecule has 0 aliphatic rings. The molecular formula is C20H22N2O5. The van der Waals surface area contributed by atoms with Gasteiger partial charge in [-0.2, -0.15) is 0 Å². The number of ether oxygens (including phenoxy) is 2. The van der Waals surface area contributed by atoms with Crippen molar-refractivity contribution in [1.29, 1.82) is 0 Å². The Morgan fingerprint density at radius 1 is 0.778 bits per heavy atom. The van der Waals surface area contributed by atoms with Crippen LogP contribution in [0.25, 0.3) is 0 Å². The normalized spacial score (nSPS) is 10.7. The third kappa shape index (κ3) is 6.14. The highest BCUT2D eigenvalue weighted by Gasteiger charge is 2.16. The van der Waals surface area contributed by atoms with Crippen molar-refractivity contribution in [1.82, 2.24) is 0 Å². The van der Waals surface area contributed by atoms with Crippen molar-refractivity contribution in [2.24, 2.45) is 0 Å². The summed E-state index contributed by atoms with van der Waals surface area (Å²) < 4.78 is 9.80. The molecule has 2 amide bonds. The van der Waals surface area contributed by atoms with Gasteiger partial charge in [-0.1, -0.05) is 0 Å². The minimum absolute atomic E-state index is 0.320. The molecule has 142 valence electrons. The number of benzene rings is 2. The zero-order valence-corrected chi connectivity index (χ0v) is 15.7. The Balaban J connectivity index is 1.96. The van der Waals surface area contributed by atoms with Crippen LogP contribution in [0.15, 0.2) is 48.5 Å². The van der Waals surface area contributed by atoms with Gasteiger partial charge in [0, 0.05) is 16.9 Å². The van der Waals surface area contributed by atoms with Crippen molar-refractivity contribution >= 4 is 29.3 Å². The van der Waals surface area contributed by atoms with E-state index in [1.165, 1.54) is 19.2 Å². The average molecular weight is 370 g/mol. The van der Waals surface area contributed by atoms with Gasteiger partial charge < -0.3 is 14.8 Å². The molecule has 0 saturated heterocycles. The number of nitrogens with one attached hydrogen (secondary N) is 2. The molecule has 0 atom stereocenters. The number of esters is 1. The Kier molecular flexibility index (Phi) is 6.18. The van der Waals surface area contributed by atoms with E-state index in [2.05, 4.69) is 15.4 Å². The molecule has 27 heavy (non-hydrogen) atoms. The molecule has 0 radical (unpaired) electrons. The Morgan fingerprint density at radius 2 is 1.26 bits per heavy atom. The zero-order valence-electron chi connectivity index (χ0n) is 15.7. The van der Waals surface area contributed by atoms with Crippen molar-refractivity contribution in [3.63, 3.8) is 0 Å². The average Bonchev–Trinajstić information content (AvgIpc) is 2.61. The minimum atomic E-state index is -0.582. The van der Waals surface area contributed by atoms with Crippen molar-refractivity contribution in [3.8, 4) is 0 Å². The molecule has 0 aliphatic carbocycles. The Hall–Kier alpha value is -3.35. The molecule has 2 aromatic rings. The molecule has 0 unspecified atom stereocenters. The summed E-state index contributed by atoms with van der Waals surface area (Å²) in [4.78, 5) is 35.4. The first-order valence-electron chi connectivity index (χ1n) is 8.28. The molecule has 2 N–H and O–H groups in total. The van der Waals surface area contributed by atoms with Crippen LogP contribution in [-0.4, -0.2) is 30.7 Å². The molecule has 0 aliphatic heterocycles. The van der Waals surface area contributed by atoms with Crippen LogP contribution in [0, 0.1) is 0 Å². The van der Waals surface area contributed by atoms with Gasteiger partial charge in [0.15, 0.2) is 0 Å². The summed E-state index contributed by atoms with van der Waals surface area (Å²) in [6, 6.07) is 12.8. The second kappa shape index (κ2) is 8.35. The number of rotatable bonds is 4. The van der Waals surface area contributed by atoms with Crippen LogP contribution in [0.2, 0.25) is 0 Å². The smallest absolute Gasteiger partial charge is 0.412 e. The summed E-state index contributed by atoms with van der Waals surface area (Å²) in [7, 11) is 1.30. The van der Waals surface area contributed by atoms with Gasteiger partial charge in [-0.25, -0.2) is 9.59 Å². The molecule has 0 saturated carbocycles. The van der Waals surface area contributed by atoms with E-state index in [1.54, 1.807) is 57.2 Å². The first-order valence-corrected chi connectivity index (χ1v) is 8.28. The van der Waals surface area contributed by atoms with Crippen molar-refractivity contribution in [2.75, 3.05) is 17.7 Å². The molecule has 0 bridgehead atoms. The molecule has 0 aromatic heterocycles. The summed E-state index contributed by atoms with van der Waals surface area (Å²) in [5, 5.41) is 5.36. The number of anilines is 2. The third-order valence-electron chi connectivity index (χ3n) is 3.36. The third-order valence-corrected chi connectivity index (χ3v) is 3.36. The molecule has 7 nitrogen and oxygen atoms in total. The number of methoxy groups -OCH3 is 1. The van der Waals surface area contributed by atoms with Crippen molar-refractivity contribution in [2.45, 2.75) is 26.4 Å². The van der Waals surface area contributed by atoms with E-state index < -0.39 is 17.7 Å². The molecule has 0 spiro atoms. The van der Waals surface area contributed by atoms with Crippen LogP contribution in [0.3, 0.4) is 0 Å². The maximum Gasteiger partial charge on any atom is 0.412 e. The van der Waals surface area contributed by atoms with Gasteiger partial charge in [0.25, 0.3) is 5.91 Å². The second-order valence-corrected chi connectivity index (χ2v) is 6.73. The van der Waals surface area contributed by atoms with E-state index in [0.29, 0.717) is 22.5 Å². The standard InChI is InChI=1S/C20H22N2O5/c1-20(2,3)27-19(25)22-16-11-9-15(10-12-16)21-17(23)13-5-7-14(8-6-13)18(24)26-4/h5-12H,1-4H3,(H,21,23)(H,22,25). The number of amides is 2. The van der Waals surface area contributed by atoms with Crippen LogP contribution < -0.4 is 10.6 Å². The Bertz CT molecular complexity index is 821. The molecule has 2 rings (SSSR count). The summed E-state index contributed by atoms with van der Waals surface area (Å²) in [6.45, 7) is 5.34. The quantitative estimate of drug-likeness (QED) is 0.791. The number of hydrogen-bond donors (Lipinski definition) is 2. The van der Waals surface area contributed by atoms with Gasteiger partial charge in [0.2, 0.25) is 0 Å². The molecule has 0 fully saturated rings. The predicted molar refractivity (Wildman–Crippen MR) is 102 cm³/mol. The molecule has 2 aromatic carbocycles. The number of carbonyl (C=O) groups is 3. The molecule has 7 heteroatoms. The summed E-state index contributed by atoms with van der Waals surface area (Å²) in [5.41, 5.74) is 1.29. The minimum Gasteiger partial charge on any atom is -0.465 e. The topological polar surface area (TPSA) is 93.7 Å². The van der Waals surface area contributed by atoms with Crippen LogP contribution >= 0.6 is 0 Å². The highest BCUT2D eigenvalue weighted by molar-refractivity contribution is 6.05. The van der Waals surface area contributed by atoms with Crippen LogP contribution in [-0.2, 0) is 9.47 Å². The van der Waals surface area contributed by atoms with Crippen molar-refractivity contribution in [3.05, 3.63) is 59.7 Å². The highest BCUT2D eigenvalue weighted by atomic mass is 16.6. The number of hydrogen-bond acceptors (Lipinski definition) is 5. The first-order chi connectivity index (χ1) is 12.7. The van der Waals surface area contributed by atoms with E-state index >= 15 is 0 Å². The van der Waals surface area contributed by atoms with Gasteiger partial charge in [-0.3, -0.25) is 10.1 Å². The molecule has 0 heterocycles. The highest BCUT2D eigenvalue weighted by Crippen LogP contribution is 2.16. The monoisotopic (exact) mass is 370 g/mol. The zero-order chi connectivity index (χ0) is 20.0. The number of carbonyl (C=O) groups excluding carboxylic acids is 3. The van der Waals surface area contributed by atoms with Gasteiger partial charge in [0.1, 0.15) is 5.60 Å². The first kappa shape index (κ1) is 20.0. The summed E-state index contributed by atoms with van der Waals surface area (Å²) in [6.07, 6.45) is -0.551. The second-order valence-electron chi connectivity index (χ2n) is 6.73. The maximum absolute atomic E-state index is 12.3. The summed E-state index contributed by atoms with van der Waals surface area (Å²) >= 11 is 0. The SMILES string of the molecule is COC(=O)c1ccc(C(=O)Nc2ccc(NC(=O)OC(C)(C)C)cc2)cc1. The fraction of sp³-hybridized carbons (Fsp3) is 0.250.